The molecule has 0 fully saturated rings. The van der Waals surface area contributed by atoms with Gasteiger partial charge in [0.2, 0.25) is 0 Å². The summed E-state index contributed by atoms with van der Waals surface area (Å²) in [6, 6.07) is 14.9. The Morgan fingerprint density at radius 1 is 1.11 bits per heavy atom. The zero-order valence-corrected chi connectivity index (χ0v) is 11.0. The highest BCUT2D eigenvalue weighted by atomic mass is 16.5. The Labute approximate surface area is 112 Å². The first-order valence-corrected chi connectivity index (χ1v) is 6.07. The van der Waals surface area contributed by atoms with Gasteiger partial charge in [0.25, 0.3) is 0 Å². The lowest BCUT2D eigenvalue weighted by molar-refractivity contribution is 0.415. The average molecular weight is 256 g/mol. The average Bonchev–Trinajstić information content (AvgIpc) is 2.48. The zero-order valence-electron chi connectivity index (χ0n) is 11.0. The number of ether oxygens (including phenoxy) is 1. The number of nitroso groups, excluding NO2 is 1. The molecule has 19 heavy (non-hydrogen) atoms. The van der Waals surface area contributed by atoms with Crippen LogP contribution in [0.2, 0.25) is 0 Å². The molecule has 1 atom stereocenters. The standard InChI is InChI=1S/C15H16N2O2/c1-11(17-18)14-5-3-4-6-15(14)16-12-7-9-13(19-2)10-8-12/h3-11,16H,1-2H3. The number of anilines is 2. The Morgan fingerprint density at radius 3 is 2.42 bits per heavy atom. The molecule has 0 saturated heterocycles. The fourth-order valence-corrected chi connectivity index (χ4v) is 1.86. The first kappa shape index (κ1) is 13.1. The predicted octanol–water partition coefficient (Wildman–Crippen LogP) is 4.27. The van der Waals surface area contributed by atoms with Crippen molar-refractivity contribution in [2.24, 2.45) is 5.18 Å². The van der Waals surface area contributed by atoms with Crippen LogP contribution in [0.4, 0.5) is 11.4 Å². The van der Waals surface area contributed by atoms with E-state index in [1.54, 1.807) is 14.0 Å². The van der Waals surface area contributed by atoms with E-state index in [2.05, 4.69) is 10.5 Å². The Morgan fingerprint density at radius 2 is 1.79 bits per heavy atom. The van der Waals surface area contributed by atoms with Gasteiger partial charge in [-0.25, -0.2) is 0 Å². The van der Waals surface area contributed by atoms with E-state index < -0.39 is 0 Å². The lowest BCUT2D eigenvalue weighted by atomic mass is 10.1. The van der Waals surface area contributed by atoms with Crippen molar-refractivity contribution in [1.29, 1.82) is 0 Å². The smallest absolute Gasteiger partial charge is 0.119 e. The summed E-state index contributed by atoms with van der Waals surface area (Å²) < 4.78 is 5.11. The molecule has 0 aromatic heterocycles. The van der Waals surface area contributed by atoms with Gasteiger partial charge in [0.1, 0.15) is 11.8 Å². The molecule has 0 heterocycles. The number of rotatable bonds is 5. The highest BCUT2D eigenvalue weighted by Crippen LogP contribution is 2.28. The van der Waals surface area contributed by atoms with Crippen LogP contribution in [0.25, 0.3) is 0 Å². The van der Waals surface area contributed by atoms with Crippen LogP contribution in [0.15, 0.2) is 53.7 Å². The van der Waals surface area contributed by atoms with E-state index in [1.165, 1.54) is 0 Å². The van der Waals surface area contributed by atoms with Crippen molar-refractivity contribution in [3.8, 4) is 5.75 Å². The van der Waals surface area contributed by atoms with Crippen molar-refractivity contribution in [2.45, 2.75) is 13.0 Å². The van der Waals surface area contributed by atoms with Crippen molar-refractivity contribution in [3.05, 3.63) is 59.0 Å². The molecule has 0 aliphatic rings. The third-order valence-corrected chi connectivity index (χ3v) is 2.94. The summed E-state index contributed by atoms with van der Waals surface area (Å²) in [7, 11) is 1.63. The molecule has 0 spiro atoms. The second kappa shape index (κ2) is 6.00. The number of methoxy groups -OCH3 is 1. The van der Waals surface area contributed by atoms with Gasteiger partial charge >= 0.3 is 0 Å². The van der Waals surface area contributed by atoms with Gasteiger partial charge in [0.05, 0.1) is 7.11 Å². The van der Waals surface area contributed by atoms with Gasteiger partial charge in [0, 0.05) is 16.9 Å². The number of benzene rings is 2. The molecule has 2 rings (SSSR count). The zero-order chi connectivity index (χ0) is 13.7. The molecule has 4 heteroatoms. The fraction of sp³-hybridized carbons (Fsp3) is 0.200. The van der Waals surface area contributed by atoms with Crippen LogP contribution in [-0.4, -0.2) is 7.11 Å². The Bertz CT molecular complexity index is 552. The third-order valence-electron chi connectivity index (χ3n) is 2.94. The minimum atomic E-state index is -0.373. The summed E-state index contributed by atoms with van der Waals surface area (Å²) in [5.41, 5.74) is 2.71. The molecule has 1 N–H and O–H groups in total. The first-order chi connectivity index (χ1) is 9.24. The molecule has 0 saturated carbocycles. The van der Waals surface area contributed by atoms with Crippen LogP contribution in [-0.2, 0) is 0 Å². The predicted molar refractivity (Wildman–Crippen MR) is 76.9 cm³/mol. The summed E-state index contributed by atoms with van der Waals surface area (Å²) in [6.07, 6.45) is 0. The number of hydrogen-bond donors (Lipinski definition) is 1. The normalized spacial score (nSPS) is 11.7. The quantitative estimate of drug-likeness (QED) is 0.813. The Hall–Kier alpha value is -2.36. The minimum Gasteiger partial charge on any atom is -0.497 e. The van der Waals surface area contributed by atoms with E-state index in [1.807, 2.05) is 48.5 Å². The number of hydrogen-bond acceptors (Lipinski definition) is 4. The van der Waals surface area contributed by atoms with Crippen molar-refractivity contribution in [2.75, 3.05) is 12.4 Å². The molecule has 2 aromatic carbocycles. The van der Waals surface area contributed by atoms with Gasteiger partial charge in [-0.15, -0.1) is 0 Å². The largest absolute Gasteiger partial charge is 0.497 e. The van der Waals surface area contributed by atoms with Gasteiger partial charge in [-0.3, -0.25) is 0 Å². The van der Waals surface area contributed by atoms with Crippen LogP contribution in [0, 0.1) is 4.91 Å². The molecule has 4 nitrogen and oxygen atoms in total. The van der Waals surface area contributed by atoms with Crippen LogP contribution in [0.1, 0.15) is 18.5 Å². The van der Waals surface area contributed by atoms with E-state index in [9.17, 15) is 4.91 Å². The number of nitrogens with one attached hydrogen (secondary N) is 1. The van der Waals surface area contributed by atoms with Crippen molar-refractivity contribution in [3.63, 3.8) is 0 Å². The molecular weight excluding hydrogens is 240 g/mol. The lowest BCUT2D eigenvalue weighted by Crippen LogP contribution is -1.98. The highest BCUT2D eigenvalue weighted by molar-refractivity contribution is 5.64. The van der Waals surface area contributed by atoms with E-state index in [0.29, 0.717) is 0 Å². The summed E-state index contributed by atoms with van der Waals surface area (Å²) in [5, 5.41) is 6.36. The van der Waals surface area contributed by atoms with Crippen molar-refractivity contribution in [1.82, 2.24) is 0 Å². The third kappa shape index (κ3) is 3.10. The molecule has 0 radical (unpaired) electrons. The molecular formula is C15H16N2O2. The topological polar surface area (TPSA) is 50.7 Å². The van der Waals surface area contributed by atoms with Gasteiger partial charge in [-0.05, 0) is 37.3 Å². The highest BCUT2D eigenvalue weighted by Gasteiger charge is 2.10. The summed E-state index contributed by atoms with van der Waals surface area (Å²) in [5.74, 6) is 0.807. The second-order valence-corrected chi connectivity index (χ2v) is 4.22. The fourth-order valence-electron chi connectivity index (χ4n) is 1.86. The molecule has 98 valence electrons. The van der Waals surface area contributed by atoms with Crippen LogP contribution < -0.4 is 10.1 Å². The molecule has 0 aliphatic carbocycles. The van der Waals surface area contributed by atoms with Crippen LogP contribution in [0.5, 0.6) is 5.75 Å². The summed E-state index contributed by atoms with van der Waals surface area (Å²) >= 11 is 0. The number of para-hydroxylation sites is 1. The monoisotopic (exact) mass is 256 g/mol. The van der Waals surface area contributed by atoms with Gasteiger partial charge < -0.3 is 10.1 Å². The van der Waals surface area contributed by atoms with Gasteiger partial charge in [0.15, 0.2) is 0 Å². The maximum absolute atomic E-state index is 10.7. The van der Waals surface area contributed by atoms with Crippen molar-refractivity contribution >= 4 is 11.4 Å². The van der Waals surface area contributed by atoms with E-state index in [4.69, 9.17) is 4.74 Å². The van der Waals surface area contributed by atoms with Crippen LogP contribution >= 0.6 is 0 Å². The Kier molecular flexibility index (Phi) is 4.13. The molecule has 0 aliphatic heterocycles. The molecule has 2 aromatic rings. The Balaban J connectivity index is 2.24. The van der Waals surface area contributed by atoms with Crippen molar-refractivity contribution < 1.29 is 4.74 Å². The molecule has 0 bridgehead atoms. The first-order valence-electron chi connectivity index (χ1n) is 6.07. The van der Waals surface area contributed by atoms with E-state index in [0.717, 1.165) is 22.7 Å². The van der Waals surface area contributed by atoms with Gasteiger partial charge in [-0.2, -0.15) is 4.91 Å². The maximum atomic E-state index is 10.7. The van der Waals surface area contributed by atoms with Crippen LogP contribution in [0.3, 0.4) is 0 Å². The summed E-state index contributed by atoms with van der Waals surface area (Å²) in [6.45, 7) is 1.78. The second-order valence-electron chi connectivity index (χ2n) is 4.22. The SMILES string of the molecule is COc1ccc(Nc2ccccc2C(C)N=O)cc1. The van der Waals surface area contributed by atoms with Gasteiger partial charge in [-0.1, -0.05) is 23.4 Å². The lowest BCUT2D eigenvalue weighted by Gasteiger charge is -2.13. The molecule has 1 unspecified atom stereocenters. The van der Waals surface area contributed by atoms with E-state index >= 15 is 0 Å². The molecule has 0 amide bonds. The maximum Gasteiger partial charge on any atom is 0.119 e. The minimum absolute atomic E-state index is 0.373. The number of nitrogens with zero attached hydrogens (tertiary/aromatic N) is 1. The van der Waals surface area contributed by atoms with E-state index in [-0.39, 0.29) is 6.04 Å². The summed E-state index contributed by atoms with van der Waals surface area (Å²) in [4.78, 5) is 10.7.